The molecule has 1 aliphatic rings. The highest BCUT2D eigenvalue weighted by Gasteiger charge is 2.25. The molecule has 0 aliphatic carbocycles. The van der Waals surface area contributed by atoms with Crippen molar-refractivity contribution in [2.75, 3.05) is 35.8 Å². The number of aromatic nitrogens is 1. The van der Waals surface area contributed by atoms with E-state index < -0.39 is 0 Å². The van der Waals surface area contributed by atoms with Crippen LogP contribution in [0.5, 0.6) is 0 Å². The molecule has 0 bridgehead atoms. The first-order valence-electron chi connectivity index (χ1n) is 12.2. The molecule has 0 fully saturated rings. The first kappa shape index (κ1) is 23.6. The number of methoxy groups -OCH3 is 1. The Labute approximate surface area is 210 Å². The van der Waals surface area contributed by atoms with Gasteiger partial charge in [-0.2, -0.15) is 0 Å². The Morgan fingerprint density at radius 3 is 2.81 bits per heavy atom. The predicted octanol–water partition coefficient (Wildman–Crippen LogP) is 5.66. The average molecular weight is 483 g/mol. The molecule has 4 aromatic rings. The molecule has 7 nitrogen and oxygen atoms in total. The number of nitrogens with zero attached hydrogens (tertiary/aromatic N) is 1. The van der Waals surface area contributed by atoms with Gasteiger partial charge in [0.1, 0.15) is 0 Å². The number of hydrogen-bond acceptors (Lipinski definition) is 4. The monoisotopic (exact) mass is 482 g/mol. The van der Waals surface area contributed by atoms with Crippen LogP contribution in [-0.4, -0.2) is 43.1 Å². The number of amides is 2. The third-order valence-electron chi connectivity index (χ3n) is 6.57. The van der Waals surface area contributed by atoms with Crippen LogP contribution in [0.1, 0.15) is 30.1 Å². The fourth-order valence-corrected chi connectivity index (χ4v) is 4.64. The third kappa shape index (κ3) is 4.83. The van der Waals surface area contributed by atoms with E-state index in [0.29, 0.717) is 24.4 Å². The minimum atomic E-state index is -0.163. The molecule has 184 valence electrons. The minimum Gasteiger partial charge on any atom is -0.384 e. The smallest absolute Gasteiger partial charge is 0.258 e. The Morgan fingerprint density at radius 2 is 1.94 bits per heavy atom. The van der Waals surface area contributed by atoms with Gasteiger partial charge in [0.25, 0.3) is 5.91 Å². The van der Waals surface area contributed by atoms with Crippen LogP contribution in [0.3, 0.4) is 0 Å². The number of aromatic amines is 1. The fraction of sp³-hybridized carbons (Fsp3) is 0.241. The van der Waals surface area contributed by atoms with E-state index >= 15 is 0 Å². The molecule has 2 heterocycles. The Kier molecular flexibility index (Phi) is 6.73. The maximum absolute atomic E-state index is 13.8. The summed E-state index contributed by atoms with van der Waals surface area (Å²) in [6.45, 7) is 3.05. The third-order valence-corrected chi connectivity index (χ3v) is 6.57. The quantitative estimate of drug-likeness (QED) is 0.331. The van der Waals surface area contributed by atoms with Gasteiger partial charge in [0.15, 0.2) is 0 Å². The topological polar surface area (TPSA) is 86.5 Å². The molecule has 1 aromatic heterocycles. The average Bonchev–Trinajstić information content (AvgIpc) is 3.29. The lowest BCUT2D eigenvalue weighted by atomic mass is 9.99. The number of nitrogens with one attached hydrogen (secondary N) is 3. The van der Waals surface area contributed by atoms with Gasteiger partial charge in [-0.15, -0.1) is 0 Å². The zero-order valence-corrected chi connectivity index (χ0v) is 20.5. The maximum atomic E-state index is 13.8. The van der Waals surface area contributed by atoms with E-state index in [-0.39, 0.29) is 24.3 Å². The Bertz CT molecular complexity index is 1410. The van der Waals surface area contributed by atoms with Gasteiger partial charge in [0.05, 0.1) is 24.4 Å². The second-order valence-electron chi connectivity index (χ2n) is 9.14. The summed E-state index contributed by atoms with van der Waals surface area (Å²) in [7, 11) is 1.57. The molecule has 0 saturated heterocycles. The first-order chi connectivity index (χ1) is 17.5. The highest BCUT2D eigenvalue weighted by molar-refractivity contribution is 6.09. The van der Waals surface area contributed by atoms with Gasteiger partial charge >= 0.3 is 0 Å². The van der Waals surface area contributed by atoms with Gasteiger partial charge < -0.3 is 25.3 Å². The summed E-state index contributed by atoms with van der Waals surface area (Å²) in [5, 5.41) is 7.58. The number of para-hydroxylation sites is 2. The van der Waals surface area contributed by atoms with Crippen molar-refractivity contribution in [2.24, 2.45) is 0 Å². The van der Waals surface area contributed by atoms with Gasteiger partial charge in [-0.3, -0.25) is 9.59 Å². The number of benzene rings is 3. The summed E-state index contributed by atoms with van der Waals surface area (Å²) in [5.74, 6) is -0.262. The van der Waals surface area contributed by atoms with Gasteiger partial charge in [-0.1, -0.05) is 24.3 Å². The maximum Gasteiger partial charge on any atom is 0.258 e. The van der Waals surface area contributed by atoms with E-state index in [2.05, 4.69) is 28.6 Å². The van der Waals surface area contributed by atoms with Crippen molar-refractivity contribution >= 4 is 39.8 Å². The summed E-state index contributed by atoms with van der Waals surface area (Å²) >= 11 is 0. The van der Waals surface area contributed by atoms with Crippen LogP contribution < -0.4 is 15.5 Å². The minimum absolute atomic E-state index is 0.0987. The Balaban J connectivity index is 1.53. The standard InChI is InChI=1S/C29H30N4O3/c1-19-12-15-33(27-6-4-3-5-25(27)31-19)29(35)22-7-9-23(26(18-22)32-28(34)13-16-36-2)20-8-10-24-21(17-20)11-14-30-24/h3-11,14,17-19,30-31H,12-13,15-16H2,1-2H3,(H,32,34). The number of carbonyl (C=O) groups is 2. The summed E-state index contributed by atoms with van der Waals surface area (Å²) in [5.41, 5.74) is 5.78. The highest BCUT2D eigenvalue weighted by Crippen LogP contribution is 2.34. The molecule has 7 heteroatoms. The molecular formula is C29H30N4O3. The molecule has 1 aliphatic heterocycles. The van der Waals surface area contributed by atoms with Crippen molar-refractivity contribution in [3.63, 3.8) is 0 Å². The van der Waals surface area contributed by atoms with Crippen LogP contribution >= 0.6 is 0 Å². The SMILES string of the molecule is COCCC(=O)Nc1cc(C(=O)N2CCC(C)Nc3ccccc32)ccc1-c1ccc2[nH]ccc2c1. The lowest BCUT2D eigenvalue weighted by Crippen LogP contribution is -2.32. The fourth-order valence-electron chi connectivity index (χ4n) is 4.64. The van der Waals surface area contributed by atoms with Crippen molar-refractivity contribution in [1.29, 1.82) is 0 Å². The number of carbonyl (C=O) groups excluding carboxylic acids is 2. The number of ether oxygens (including phenoxy) is 1. The lowest BCUT2D eigenvalue weighted by Gasteiger charge is -2.23. The van der Waals surface area contributed by atoms with Crippen LogP contribution in [0.2, 0.25) is 0 Å². The van der Waals surface area contributed by atoms with E-state index in [1.54, 1.807) is 13.2 Å². The highest BCUT2D eigenvalue weighted by atomic mass is 16.5. The van der Waals surface area contributed by atoms with Crippen molar-refractivity contribution in [2.45, 2.75) is 25.8 Å². The zero-order valence-electron chi connectivity index (χ0n) is 20.5. The van der Waals surface area contributed by atoms with Gasteiger partial charge in [0, 0.05) is 48.2 Å². The van der Waals surface area contributed by atoms with E-state index in [1.165, 1.54) is 0 Å². The second-order valence-corrected chi connectivity index (χ2v) is 9.14. The number of H-pyrrole nitrogens is 1. The van der Waals surface area contributed by atoms with Crippen LogP contribution in [0, 0.1) is 0 Å². The van der Waals surface area contributed by atoms with E-state index in [0.717, 1.165) is 39.8 Å². The second kappa shape index (κ2) is 10.3. The number of rotatable bonds is 6. The Hall–Kier alpha value is -4.10. The molecule has 2 amide bonds. The van der Waals surface area contributed by atoms with Crippen LogP contribution in [0.4, 0.5) is 17.1 Å². The van der Waals surface area contributed by atoms with E-state index in [9.17, 15) is 9.59 Å². The van der Waals surface area contributed by atoms with Crippen LogP contribution in [-0.2, 0) is 9.53 Å². The molecule has 0 radical (unpaired) electrons. The molecule has 3 aromatic carbocycles. The normalized spacial score (nSPS) is 15.2. The molecule has 36 heavy (non-hydrogen) atoms. The Morgan fingerprint density at radius 1 is 1.08 bits per heavy atom. The predicted molar refractivity (Wildman–Crippen MR) is 145 cm³/mol. The summed E-state index contributed by atoms with van der Waals surface area (Å²) in [4.78, 5) is 31.5. The molecule has 5 rings (SSSR count). The molecule has 1 unspecified atom stereocenters. The van der Waals surface area contributed by atoms with Crippen LogP contribution in [0.25, 0.3) is 22.0 Å². The number of fused-ring (bicyclic) bond motifs is 2. The largest absolute Gasteiger partial charge is 0.384 e. The number of anilines is 3. The van der Waals surface area contributed by atoms with E-state index in [4.69, 9.17) is 4.74 Å². The van der Waals surface area contributed by atoms with Crippen molar-refractivity contribution in [3.05, 3.63) is 78.5 Å². The molecular weight excluding hydrogens is 452 g/mol. The van der Waals surface area contributed by atoms with Crippen molar-refractivity contribution in [1.82, 2.24) is 4.98 Å². The van der Waals surface area contributed by atoms with Gasteiger partial charge in [-0.05, 0) is 66.8 Å². The van der Waals surface area contributed by atoms with Gasteiger partial charge in [-0.25, -0.2) is 0 Å². The summed E-state index contributed by atoms with van der Waals surface area (Å²) in [6, 6.07) is 21.8. The summed E-state index contributed by atoms with van der Waals surface area (Å²) < 4.78 is 5.07. The van der Waals surface area contributed by atoms with Crippen molar-refractivity contribution in [3.8, 4) is 11.1 Å². The van der Waals surface area contributed by atoms with E-state index in [1.807, 2.05) is 65.7 Å². The van der Waals surface area contributed by atoms with Gasteiger partial charge in [0.2, 0.25) is 5.91 Å². The molecule has 1 atom stereocenters. The molecule has 0 saturated carbocycles. The van der Waals surface area contributed by atoms with Crippen LogP contribution in [0.15, 0.2) is 72.9 Å². The lowest BCUT2D eigenvalue weighted by molar-refractivity contribution is -0.117. The molecule has 3 N–H and O–H groups in total. The zero-order chi connectivity index (χ0) is 25.1. The summed E-state index contributed by atoms with van der Waals surface area (Å²) in [6.07, 6.45) is 2.96. The first-order valence-corrected chi connectivity index (χ1v) is 12.2. The molecule has 0 spiro atoms. The van der Waals surface area contributed by atoms with Crippen molar-refractivity contribution < 1.29 is 14.3 Å². The number of hydrogen-bond donors (Lipinski definition) is 3.